The van der Waals surface area contributed by atoms with Gasteiger partial charge in [-0.25, -0.2) is 4.79 Å². The number of carbonyl (C=O) groups is 1. The van der Waals surface area contributed by atoms with E-state index in [-0.39, 0.29) is 12.1 Å². The van der Waals surface area contributed by atoms with Crippen molar-refractivity contribution in [3.05, 3.63) is 34.3 Å². The first-order valence-electron chi connectivity index (χ1n) is 6.50. The van der Waals surface area contributed by atoms with Gasteiger partial charge in [0, 0.05) is 24.6 Å². The predicted molar refractivity (Wildman–Crippen MR) is 79.8 cm³/mol. The Morgan fingerprint density at radius 2 is 2.26 bits per heavy atom. The largest absolute Gasteiger partial charge is 0.330 e. The number of hydrogen-bond acceptors (Lipinski definition) is 2. The Balaban J connectivity index is 2.14. The van der Waals surface area contributed by atoms with E-state index in [0.717, 1.165) is 23.1 Å². The van der Waals surface area contributed by atoms with Crippen LogP contribution in [0, 0.1) is 5.92 Å². The summed E-state index contributed by atoms with van der Waals surface area (Å²) in [6.45, 7) is 4.13. The van der Waals surface area contributed by atoms with Crippen molar-refractivity contribution in [1.29, 1.82) is 0 Å². The summed E-state index contributed by atoms with van der Waals surface area (Å²) < 4.78 is 1.04. The Morgan fingerprint density at radius 1 is 1.53 bits per heavy atom. The van der Waals surface area contributed by atoms with Crippen molar-refractivity contribution in [2.45, 2.75) is 13.0 Å². The van der Waals surface area contributed by atoms with Gasteiger partial charge in [0.25, 0.3) is 0 Å². The van der Waals surface area contributed by atoms with Gasteiger partial charge in [0.1, 0.15) is 0 Å². The lowest BCUT2D eigenvalue weighted by molar-refractivity contribution is 0.191. The van der Waals surface area contributed by atoms with Crippen molar-refractivity contribution >= 4 is 22.0 Å². The van der Waals surface area contributed by atoms with E-state index in [4.69, 9.17) is 5.73 Å². The molecule has 1 aliphatic heterocycles. The van der Waals surface area contributed by atoms with Crippen LogP contribution in [-0.4, -0.2) is 42.5 Å². The lowest BCUT2D eigenvalue weighted by atomic mass is 10.1. The van der Waals surface area contributed by atoms with E-state index in [9.17, 15) is 4.79 Å². The second kappa shape index (κ2) is 5.92. The van der Waals surface area contributed by atoms with E-state index < -0.39 is 0 Å². The van der Waals surface area contributed by atoms with Gasteiger partial charge in [0.2, 0.25) is 0 Å². The first-order chi connectivity index (χ1) is 9.02. The third-order valence-electron chi connectivity index (χ3n) is 3.60. The highest BCUT2D eigenvalue weighted by Crippen LogP contribution is 2.29. The second-order valence-corrected chi connectivity index (χ2v) is 6.13. The van der Waals surface area contributed by atoms with Gasteiger partial charge in [0.15, 0.2) is 0 Å². The van der Waals surface area contributed by atoms with E-state index in [1.807, 2.05) is 29.0 Å². The van der Waals surface area contributed by atoms with E-state index in [1.54, 1.807) is 0 Å². The molecule has 2 unspecified atom stereocenters. The molecule has 0 spiro atoms. The number of rotatable bonds is 4. The van der Waals surface area contributed by atoms with E-state index in [1.165, 1.54) is 0 Å². The molecule has 104 valence electrons. The van der Waals surface area contributed by atoms with Crippen LogP contribution in [0.3, 0.4) is 0 Å². The molecule has 1 fully saturated rings. The van der Waals surface area contributed by atoms with E-state index in [0.29, 0.717) is 12.5 Å². The summed E-state index contributed by atoms with van der Waals surface area (Å²) in [7, 11) is 1.86. The average Bonchev–Trinajstić information content (AvgIpc) is 2.67. The summed E-state index contributed by atoms with van der Waals surface area (Å²) in [5.41, 5.74) is 6.80. The van der Waals surface area contributed by atoms with Crippen LogP contribution in [0.15, 0.2) is 28.7 Å². The molecular weight excluding hydrogens is 306 g/mol. The van der Waals surface area contributed by atoms with Gasteiger partial charge < -0.3 is 15.5 Å². The molecule has 0 aromatic heterocycles. The zero-order chi connectivity index (χ0) is 14.0. The molecule has 2 amide bonds. The van der Waals surface area contributed by atoms with Crippen LogP contribution in [0.25, 0.3) is 0 Å². The molecule has 1 aliphatic rings. The molecule has 19 heavy (non-hydrogen) atoms. The summed E-state index contributed by atoms with van der Waals surface area (Å²) in [6.07, 6.45) is 0. The number of carbonyl (C=O) groups excluding carboxylic acids is 1. The molecule has 1 saturated heterocycles. The fraction of sp³-hybridized carbons (Fsp3) is 0.500. The molecule has 2 atom stereocenters. The van der Waals surface area contributed by atoms with Gasteiger partial charge in [-0.1, -0.05) is 35.0 Å². The van der Waals surface area contributed by atoms with E-state index in [2.05, 4.69) is 35.0 Å². The van der Waals surface area contributed by atoms with Crippen molar-refractivity contribution in [2.75, 3.05) is 26.7 Å². The SMILES string of the molecule is CC(CN)CN1CC(c2cccc(Br)c2)N(C)C1=O. The highest BCUT2D eigenvalue weighted by atomic mass is 79.9. The molecule has 5 heteroatoms. The van der Waals surface area contributed by atoms with Crippen molar-refractivity contribution in [3.8, 4) is 0 Å². The lowest BCUT2D eigenvalue weighted by Crippen LogP contribution is -2.34. The topological polar surface area (TPSA) is 49.6 Å². The van der Waals surface area contributed by atoms with Crippen molar-refractivity contribution in [2.24, 2.45) is 11.7 Å². The summed E-state index contributed by atoms with van der Waals surface area (Å²) in [6, 6.07) is 8.34. The van der Waals surface area contributed by atoms with Gasteiger partial charge in [-0.15, -0.1) is 0 Å². The van der Waals surface area contributed by atoms with Gasteiger partial charge in [-0.2, -0.15) is 0 Å². The second-order valence-electron chi connectivity index (χ2n) is 5.21. The highest BCUT2D eigenvalue weighted by molar-refractivity contribution is 9.10. The minimum atomic E-state index is 0.0882. The van der Waals surface area contributed by atoms with Gasteiger partial charge in [-0.05, 0) is 30.2 Å². The van der Waals surface area contributed by atoms with Crippen LogP contribution in [0.4, 0.5) is 4.79 Å². The predicted octanol–water partition coefficient (Wildman–Crippen LogP) is 2.45. The van der Waals surface area contributed by atoms with Crippen LogP contribution in [-0.2, 0) is 0 Å². The summed E-state index contributed by atoms with van der Waals surface area (Å²) in [4.78, 5) is 15.9. The summed E-state index contributed by atoms with van der Waals surface area (Å²) >= 11 is 3.48. The van der Waals surface area contributed by atoms with E-state index >= 15 is 0 Å². The average molecular weight is 326 g/mol. The van der Waals surface area contributed by atoms with Gasteiger partial charge in [-0.3, -0.25) is 0 Å². The Kier molecular flexibility index (Phi) is 4.47. The standard InChI is InChI=1S/C14H20BrN3O/c1-10(7-16)8-18-9-13(17(2)14(18)19)11-4-3-5-12(15)6-11/h3-6,10,13H,7-9,16H2,1-2H3. The number of likely N-dealkylation sites (N-methyl/N-ethyl adjacent to an activating group) is 1. The Labute approximate surface area is 122 Å². The zero-order valence-corrected chi connectivity index (χ0v) is 12.9. The minimum Gasteiger partial charge on any atom is -0.330 e. The fourth-order valence-electron chi connectivity index (χ4n) is 2.41. The monoisotopic (exact) mass is 325 g/mol. The molecule has 0 aliphatic carbocycles. The minimum absolute atomic E-state index is 0.0882. The first-order valence-corrected chi connectivity index (χ1v) is 7.29. The molecule has 2 rings (SSSR count). The molecule has 0 bridgehead atoms. The molecular formula is C14H20BrN3O. The lowest BCUT2D eigenvalue weighted by Gasteiger charge is -2.19. The zero-order valence-electron chi connectivity index (χ0n) is 11.3. The number of benzene rings is 1. The number of nitrogens with zero attached hydrogens (tertiary/aromatic N) is 2. The molecule has 2 N–H and O–H groups in total. The third-order valence-corrected chi connectivity index (χ3v) is 4.09. The number of nitrogens with two attached hydrogens (primary N) is 1. The van der Waals surface area contributed by atoms with Crippen LogP contribution >= 0.6 is 15.9 Å². The number of halogens is 1. The molecule has 0 radical (unpaired) electrons. The molecule has 1 heterocycles. The van der Waals surface area contributed by atoms with Gasteiger partial charge in [0.05, 0.1) is 6.04 Å². The molecule has 4 nitrogen and oxygen atoms in total. The third kappa shape index (κ3) is 3.09. The molecule has 1 aromatic rings. The van der Waals surface area contributed by atoms with Gasteiger partial charge >= 0.3 is 6.03 Å². The number of hydrogen-bond donors (Lipinski definition) is 1. The van der Waals surface area contributed by atoms with Crippen LogP contribution < -0.4 is 5.73 Å². The smallest absolute Gasteiger partial charge is 0.320 e. The van der Waals surface area contributed by atoms with Crippen molar-refractivity contribution in [1.82, 2.24) is 9.80 Å². The summed E-state index contributed by atoms with van der Waals surface area (Å²) in [5.74, 6) is 0.332. The first kappa shape index (κ1) is 14.3. The number of urea groups is 1. The summed E-state index contributed by atoms with van der Waals surface area (Å²) in [5, 5.41) is 0. The molecule has 0 saturated carbocycles. The maximum absolute atomic E-state index is 12.2. The van der Waals surface area contributed by atoms with Crippen LogP contribution in [0.5, 0.6) is 0 Å². The van der Waals surface area contributed by atoms with Crippen LogP contribution in [0.2, 0.25) is 0 Å². The fourth-order valence-corrected chi connectivity index (χ4v) is 2.83. The maximum Gasteiger partial charge on any atom is 0.320 e. The van der Waals surface area contributed by atoms with Crippen LogP contribution in [0.1, 0.15) is 18.5 Å². The van der Waals surface area contributed by atoms with Crippen molar-refractivity contribution < 1.29 is 4.79 Å². The molecule has 1 aromatic carbocycles. The maximum atomic E-state index is 12.2. The Hall–Kier alpha value is -1.07. The highest BCUT2D eigenvalue weighted by Gasteiger charge is 2.35. The number of amides is 2. The Bertz CT molecular complexity index is 466. The quantitative estimate of drug-likeness (QED) is 0.924. The Morgan fingerprint density at radius 3 is 2.89 bits per heavy atom. The normalized spacial score (nSPS) is 21.1. The van der Waals surface area contributed by atoms with Crippen molar-refractivity contribution in [3.63, 3.8) is 0 Å².